The molecule has 6 N–H and O–H groups in total. The van der Waals surface area contributed by atoms with Crippen molar-refractivity contribution >= 4 is 23.2 Å². The van der Waals surface area contributed by atoms with Gasteiger partial charge in [0, 0.05) is 30.3 Å². The van der Waals surface area contributed by atoms with Crippen LogP contribution in [0.4, 0.5) is 11.4 Å². The molecule has 1 fully saturated rings. The van der Waals surface area contributed by atoms with Gasteiger partial charge in [0.05, 0.1) is 59.5 Å². The van der Waals surface area contributed by atoms with E-state index in [1.54, 1.807) is 42.5 Å². The standard InChI is InChI=1S/C40H60N2O14/c43-28-34-37(46)38(47)39(48)40(56-34)55-31-14-11-29(12-15-31)41-35(44)9-7-5-3-1-2-4-6-8-10-36(45)42-30-13-16-32-33(27-30)54-26-24-52-22-20-50-18-17-49-19-21-51-23-25-53-32/h11-16,27,34,37-40,43,46-48H,1-10,17-26,28H2,(H,41,44)(H,42,45)/t34-,37-,38+,39-,40-/m1/s1. The SMILES string of the molecule is O=C(CCCCCCCCCCC(=O)Nc1ccc2c(c1)OCCOCCOCCOCCOCCO2)Nc1ccc(O[C@@H]2O[C@H](CO)[C@@H](O)[C@H](O)[C@H]2O)cc1. The first kappa shape index (κ1) is 45.1. The number of aliphatic hydroxyl groups is 4. The van der Waals surface area contributed by atoms with Gasteiger partial charge in [0.15, 0.2) is 11.5 Å². The highest BCUT2D eigenvalue weighted by atomic mass is 16.7. The fourth-order valence-corrected chi connectivity index (χ4v) is 6.00. The molecule has 0 bridgehead atoms. The molecule has 0 unspecified atom stereocenters. The molecular formula is C40H60N2O14. The van der Waals surface area contributed by atoms with Gasteiger partial charge in [-0.05, 0) is 49.2 Å². The average molecular weight is 793 g/mol. The van der Waals surface area contributed by atoms with E-state index in [4.69, 9.17) is 37.9 Å². The van der Waals surface area contributed by atoms with Crippen molar-refractivity contribution in [3.63, 3.8) is 0 Å². The lowest BCUT2D eigenvalue weighted by molar-refractivity contribution is -0.277. The summed E-state index contributed by atoms with van der Waals surface area (Å²) in [6, 6.07) is 11.8. The van der Waals surface area contributed by atoms with Gasteiger partial charge in [0.2, 0.25) is 18.1 Å². The van der Waals surface area contributed by atoms with Gasteiger partial charge in [-0.3, -0.25) is 9.59 Å². The zero-order valence-corrected chi connectivity index (χ0v) is 32.1. The smallest absolute Gasteiger partial charge is 0.229 e. The maximum absolute atomic E-state index is 12.7. The van der Waals surface area contributed by atoms with Crippen molar-refractivity contribution < 1.29 is 67.9 Å². The Kier molecular flexibility index (Phi) is 21.2. The van der Waals surface area contributed by atoms with Gasteiger partial charge >= 0.3 is 0 Å². The van der Waals surface area contributed by atoms with Crippen molar-refractivity contribution in [2.75, 3.05) is 83.3 Å². The number of rotatable bonds is 16. The van der Waals surface area contributed by atoms with Crippen LogP contribution in [0.1, 0.15) is 64.2 Å². The normalized spacial score (nSPS) is 23.0. The Morgan fingerprint density at radius 2 is 1.04 bits per heavy atom. The molecule has 5 atom stereocenters. The van der Waals surface area contributed by atoms with Crippen LogP contribution in [0.15, 0.2) is 42.5 Å². The number of nitrogens with one attached hydrogen (secondary N) is 2. The minimum atomic E-state index is -1.53. The molecule has 314 valence electrons. The predicted molar refractivity (Wildman–Crippen MR) is 205 cm³/mol. The van der Waals surface area contributed by atoms with Crippen molar-refractivity contribution in [3.05, 3.63) is 42.5 Å². The Balaban J connectivity index is 1.03. The molecule has 2 aliphatic rings. The van der Waals surface area contributed by atoms with E-state index in [1.807, 2.05) is 0 Å². The van der Waals surface area contributed by atoms with Crippen molar-refractivity contribution in [2.24, 2.45) is 0 Å². The molecule has 16 nitrogen and oxygen atoms in total. The molecule has 0 aromatic heterocycles. The lowest BCUT2D eigenvalue weighted by Crippen LogP contribution is -2.60. The largest absolute Gasteiger partial charge is 0.487 e. The highest BCUT2D eigenvalue weighted by Crippen LogP contribution is 2.31. The second-order valence-corrected chi connectivity index (χ2v) is 13.6. The fourth-order valence-electron chi connectivity index (χ4n) is 6.00. The second kappa shape index (κ2) is 26.4. The first-order valence-corrected chi connectivity index (χ1v) is 19.7. The quantitative estimate of drug-likeness (QED) is 0.135. The summed E-state index contributed by atoms with van der Waals surface area (Å²) >= 11 is 0. The van der Waals surface area contributed by atoms with Gasteiger partial charge in [0.1, 0.15) is 43.4 Å². The Hall–Kier alpha value is -3.58. The molecular weight excluding hydrogens is 732 g/mol. The van der Waals surface area contributed by atoms with Crippen LogP contribution >= 0.6 is 0 Å². The summed E-state index contributed by atoms with van der Waals surface area (Å²) in [4.78, 5) is 25.1. The summed E-state index contributed by atoms with van der Waals surface area (Å²) in [5.41, 5.74) is 1.22. The highest BCUT2D eigenvalue weighted by molar-refractivity contribution is 5.91. The zero-order chi connectivity index (χ0) is 39.8. The fraction of sp³-hybridized carbons (Fsp3) is 0.650. The number of fused-ring (bicyclic) bond motifs is 1. The Labute approximate surface area is 328 Å². The number of carbonyl (C=O) groups excluding carboxylic acids is 2. The molecule has 2 aromatic carbocycles. The Bertz CT molecular complexity index is 1400. The topological polar surface area (TPSA) is 213 Å². The third kappa shape index (κ3) is 16.9. The third-order valence-corrected chi connectivity index (χ3v) is 9.11. The Morgan fingerprint density at radius 3 is 1.57 bits per heavy atom. The summed E-state index contributed by atoms with van der Waals surface area (Å²) in [5.74, 6) is 1.25. The van der Waals surface area contributed by atoms with E-state index in [1.165, 1.54) is 0 Å². The number of unbranched alkanes of at least 4 members (excludes halogenated alkanes) is 7. The molecule has 4 rings (SSSR count). The molecule has 0 spiro atoms. The van der Waals surface area contributed by atoms with Gasteiger partial charge in [0.25, 0.3) is 0 Å². The van der Waals surface area contributed by atoms with Gasteiger partial charge < -0.3 is 69.0 Å². The summed E-state index contributed by atoms with van der Waals surface area (Å²) in [6.07, 6.45) is 1.67. The maximum Gasteiger partial charge on any atom is 0.229 e. The molecule has 56 heavy (non-hydrogen) atoms. The number of benzene rings is 2. The lowest BCUT2D eigenvalue weighted by Gasteiger charge is -2.39. The van der Waals surface area contributed by atoms with Crippen LogP contribution in [-0.2, 0) is 33.3 Å². The number of anilines is 2. The molecule has 16 heteroatoms. The number of hydrogen-bond acceptors (Lipinski definition) is 14. The predicted octanol–water partition coefficient (Wildman–Crippen LogP) is 3.18. The van der Waals surface area contributed by atoms with Gasteiger partial charge in [-0.1, -0.05) is 38.5 Å². The molecule has 2 amide bonds. The lowest BCUT2D eigenvalue weighted by atomic mass is 9.99. The van der Waals surface area contributed by atoms with Crippen LogP contribution in [-0.4, -0.2) is 136 Å². The highest BCUT2D eigenvalue weighted by Gasteiger charge is 2.44. The number of amides is 2. The molecule has 0 radical (unpaired) electrons. The van der Waals surface area contributed by atoms with Gasteiger partial charge in [-0.25, -0.2) is 0 Å². The minimum absolute atomic E-state index is 0.0550. The van der Waals surface area contributed by atoms with Crippen LogP contribution in [0.2, 0.25) is 0 Å². The number of aliphatic hydroxyl groups excluding tert-OH is 4. The average Bonchev–Trinajstić information content (AvgIpc) is 3.19. The molecule has 0 aliphatic carbocycles. The molecule has 2 heterocycles. The van der Waals surface area contributed by atoms with E-state index in [0.29, 0.717) is 108 Å². The van der Waals surface area contributed by atoms with Crippen molar-refractivity contribution in [1.29, 1.82) is 0 Å². The van der Waals surface area contributed by atoms with Crippen LogP contribution in [0, 0.1) is 0 Å². The van der Waals surface area contributed by atoms with E-state index in [-0.39, 0.29) is 11.8 Å². The molecule has 2 aromatic rings. The van der Waals surface area contributed by atoms with Gasteiger partial charge in [-0.15, -0.1) is 0 Å². The maximum atomic E-state index is 12.7. The zero-order valence-electron chi connectivity index (χ0n) is 32.1. The summed E-state index contributed by atoms with van der Waals surface area (Å²) < 4.78 is 44.8. The van der Waals surface area contributed by atoms with Crippen LogP contribution in [0.5, 0.6) is 17.2 Å². The summed E-state index contributed by atoms with van der Waals surface area (Å²) in [6.45, 7) is 3.77. The van der Waals surface area contributed by atoms with E-state index in [2.05, 4.69) is 10.6 Å². The van der Waals surface area contributed by atoms with E-state index < -0.39 is 37.3 Å². The third-order valence-electron chi connectivity index (χ3n) is 9.11. The molecule has 0 saturated carbocycles. The minimum Gasteiger partial charge on any atom is -0.487 e. The van der Waals surface area contributed by atoms with Crippen LogP contribution < -0.4 is 24.8 Å². The number of carbonyl (C=O) groups is 2. The first-order chi connectivity index (χ1) is 27.3. The van der Waals surface area contributed by atoms with E-state index in [9.17, 15) is 30.0 Å². The van der Waals surface area contributed by atoms with Crippen molar-refractivity contribution in [1.82, 2.24) is 0 Å². The Morgan fingerprint density at radius 1 is 0.571 bits per heavy atom. The number of ether oxygens (including phenoxy) is 8. The van der Waals surface area contributed by atoms with Gasteiger partial charge in [-0.2, -0.15) is 0 Å². The summed E-state index contributed by atoms with van der Waals surface area (Å²) in [7, 11) is 0. The van der Waals surface area contributed by atoms with E-state index in [0.717, 1.165) is 51.4 Å². The van der Waals surface area contributed by atoms with Crippen molar-refractivity contribution in [2.45, 2.75) is 94.9 Å². The molecule has 1 saturated heterocycles. The molecule has 2 aliphatic heterocycles. The monoisotopic (exact) mass is 792 g/mol. The first-order valence-electron chi connectivity index (χ1n) is 19.7. The van der Waals surface area contributed by atoms with Crippen LogP contribution in [0.3, 0.4) is 0 Å². The van der Waals surface area contributed by atoms with E-state index >= 15 is 0 Å². The number of hydrogen-bond donors (Lipinski definition) is 6. The van der Waals surface area contributed by atoms with Crippen molar-refractivity contribution in [3.8, 4) is 17.2 Å². The van der Waals surface area contributed by atoms with Crippen LogP contribution in [0.25, 0.3) is 0 Å². The summed E-state index contributed by atoms with van der Waals surface area (Å²) in [5, 5.41) is 45.2. The second-order valence-electron chi connectivity index (χ2n) is 13.6.